The molecule has 0 spiro atoms. The molecule has 156 valence electrons. The van der Waals surface area contributed by atoms with E-state index in [1.165, 1.54) is 0 Å². The SMILES string of the molecule is CNC(=O)c1cccc(-c2ccc(OC3O[C@@H](CO)[C@@H](O)[C@@H](O)[C@@H]3O)c(C)c2)c1. The van der Waals surface area contributed by atoms with Crippen molar-refractivity contribution in [2.75, 3.05) is 13.7 Å². The Bertz CT molecular complexity index is 870. The monoisotopic (exact) mass is 403 g/mol. The number of carbonyl (C=O) groups excluding carboxylic acids is 1. The molecule has 8 heteroatoms. The number of ether oxygens (including phenoxy) is 2. The second-order valence-corrected chi connectivity index (χ2v) is 6.96. The van der Waals surface area contributed by atoms with Crippen LogP contribution in [0.3, 0.4) is 0 Å². The van der Waals surface area contributed by atoms with Crippen molar-refractivity contribution in [1.82, 2.24) is 5.32 Å². The first kappa shape index (κ1) is 21.2. The molecule has 1 aliphatic rings. The zero-order valence-corrected chi connectivity index (χ0v) is 16.1. The molecule has 2 aromatic carbocycles. The van der Waals surface area contributed by atoms with Crippen molar-refractivity contribution in [1.29, 1.82) is 0 Å². The number of aryl methyl sites for hydroxylation is 1. The lowest BCUT2D eigenvalue weighted by Crippen LogP contribution is -2.60. The van der Waals surface area contributed by atoms with Crippen molar-refractivity contribution in [2.45, 2.75) is 37.6 Å². The van der Waals surface area contributed by atoms with Gasteiger partial charge in [-0.2, -0.15) is 0 Å². The largest absolute Gasteiger partial charge is 0.462 e. The molecule has 1 saturated heterocycles. The first-order chi connectivity index (χ1) is 13.8. The van der Waals surface area contributed by atoms with Gasteiger partial charge in [-0.05, 0) is 47.9 Å². The van der Waals surface area contributed by atoms with Gasteiger partial charge in [-0.1, -0.05) is 18.2 Å². The van der Waals surface area contributed by atoms with E-state index >= 15 is 0 Å². The lowest BCUT2D eigenvalue weighted by molar-refractivity contribution is -0.277. The Kier molecular flexibility index (Phi) is 6.51. The Morgan fingerprint density at radius 3 is 2.45 bits per heavy atom. The van der Waals surface area contributed by atoms with E-state index in [2.05, 4.69) is 5.32 Å². The molecular formula is C21H25NO7. The van der Waals surface area contributed by atoms with Gasteiger partial charge in [0.1, 0.15) is 30.2 Å². The van der Waals surface area contributed by atoms with Gasteiger partial charge >= 0.3 is 0 Å². The van der Waals surface area contributed by atoms with Crippen LogP contribution in [0.4, 0.5) is 0 Å². The van der Waals surface area contributed by atoms with Crippen LogP contribution >= 0.6 is 0 Å². The van der Waals surface area contributed by atoms with Crippen LogP contribution in [-0.2, 0) is 4.74 Å². The average molecular weight is 403 g/mol. The summed E-state index contributed by atoms with van der Waals surface area (Å²) in [7, 11) is 1.57. The van der Waals surface area contributed by atoms with Crippen LogP contribution in [0.1, 0.15) is 15.9 Å². The summed E-state index contributed by atoms with van der Waals surface area (Å²) < 4.78 is 11.1. The third kappa shape index (κ3) is 4.42. The van der Waals surface area contributed by atoms with Gasteiger partial charge in [-0.3, -0.25) is 4.79 Å². The second-order valence-electron chi connectivity index (χ2n) is 6.96. The molecule has 1 heterocycles. The van der Waals surface area contributed by atoms with Gasteiger partial charge in [-0.25, -0.2) is 0 Å². The molecule has 0 bridgehead atoms. The lowest BCUT2D eigenvalue weighted by atomic mass is 9.99. The van der Waals surface area contributed by atoms with Gasteiger partial charge < -0.3 is 35.2 Å². The molecule has 1 amide bonds. The molecule has 1 unspecified atom stereocenters. The maximum atomic E-state index is 11.8. The average Bonchev–Trinajstić information content (AvgIpc) is 2.74. The molecule has 0 aromatic heterocycles. The summed E-state index contributed by atoms with van der Waals surface area (Å²) in [4.78, 5) is 11.8. The van der Waals surface area contributed by atoms with E-state index in [0.717, 1.165) is 16.7 Å². The zero-order chi connectivity index (χ0) is 21.1. The molecular weight excluding hydrogens is 378 g/mol. The molecule has 1 aliphatic heterocycles. The van der Waals surface area contributed by atoms with Crippen molar-refractivity contribution in [3.05, 3.63) is 53.6 Å². The Morgan fingerprint density at radius 2 is 1.79 bits per heavy atom. The van der Waals surface area contributed by atoms with E-state index in [9.17, 15) is 25.2 Å². The number of amides is 1. The molecule has 5 N–H and O–H groups in total. The summed E-state index contributed by atoms with van der Waals surface area (Å²) in [6.07, 6.45) is -6.70. The highest BCUT2D eigenvalue weighted by molar-refractivity contribution is 5.95. The predicted molar refractivity (Wildman–Crippen MR) is 104 cm³/mol. The highest BCUT2D eigenvalue weighted by Crippen LogP contribution is 2.30. The summed E-state index contributed by atoms with van der Waals surface area (Å²) in [5, 5.41) is 41.8. The summed E-state index contributed by atoms with van der Waals surface area (Å²) in [6.45, 7) is 1.29. The molecule has 5 atom stereocenters. The van der Waals surface area contributed by atoms with Crippen molar-refractivity contribution >= 4 is 5.91 Å². The van der Waals surface area contributed by atoms with Crippen LogP contribution in [0.25, 0.3) is 11.1 Å². The number of rotatable bonds is 5. The molecule has 29 heavy (non-hydrogen) atoms. The number of benzene rings is 2. The van der Waals surface area contributed by atoms with E-state index < -0.39 is 37.3 Å². The van der Waals surface area contributed by atoms with Crippen LogP contribution in [0.2, 0.25) is 0 Å². The van der Waals surface area contributed by atoms with Gasteiger partial charge in [0.05, 0.1) is 6.61 Å². The quantitative estimate of drug-likeness (QED) is 0.482. The van der Waals surface area contributed by atoms with Crippen LogP contribution in [0, 0.1) is 6.92 Å². The first-order valence-corrected chi connectivity index (χ1v) is 9.26. The minimum absolute atomic E-state index is 0.175. The fourth-order valence-electron chi connectivity index (χ4n) is 3.24. The zero-order valence-electron chi connectivity index (χ0n) is 16.1. The summed E-state index contributed by atoms with van der Waals surface area (Å²) in [6, 6.07) is 12.6. The number of nitrogens with one attached hydrogen (secondary N) is 1. The van der Waals surface area contributed by atoms with Gasteiger partial charge in [0.15, 0.2) is 0 Å². The molecule has 3 rings (SSSR count). The highest BCUT2D eigenvalue weighted by atomic mass is 16.7. The molecule has 8 nitrogen and oxygen atoms in total. The number of aliphatic hydroxyl groups is 4. The van der Waals surface area contributed by atoms with E-state index in [1.807, 2.05) is 19.1 Å². The van der Waals surface area contributed by atoms with Gasteiger partial charge in [0.25, 0.3) is 5.91 Å². The third-order valence-corrected chi connectivity index (χ3v) is 4.95. The number of carbonyl (C=O) groups is 1. The Labute approximate surface area is 168 Å². The molecule has 0 saturated carbocycles. The fraction of sp³-hybridized carbons (Fsp3) is 0.381. The first-order valence-electron chi connectivity index (χ1n) is 9.26. The number of aliphatic hydroxyl groups excluding tert-OH is 4. The number of hydrogen-bond donors (Lipinski definition) is 5. The number of hydrogen-bond acceptors (Lipinski definition) is 7. The predicted octanol–water partition coefficient (Wildman–Crippen LogP) is 0.200. The van der Waals surface area contributed by atoms with Crippen molar-refractivity contribution in [3.63, 3.8) is 0 Å². The van der Waals surface area contributed by atoms with Gasteiger partial charge in [0.2, 0.25) is 6.29 Å². The smallest absolute Gasteiger partial charge is 0.251 e. The summed E-state index contributed by atoms with van der Waals surface area (Å²) in [5.41, 5.74) is 3.01. The van der Waals surface area contributed by atoms with E-state index in [1.54, 1.807) is 37.4 Å². The van der Waals surface area contributed by atoms with Gasteiger partial charge in [-0.15, -0.1) is 0 Å². The third-order valence-electron chi connectivity index (χ3n) is 4.95. The van der Waals surface area contributed by atoms with Crippen LogP contribution < -0.4 is 10.1 Å². The maximum absolute atomic E-state index is 11.8. The van der Waals surface area contributed by atoms with E-state index in [-0.39, 0.29) is 5.91 Å². The lowest BCUT2D eigenvalue weighted by Gasteiger charge is -2.39. The van der Waals surface area contributed by atoms with Crippen molar-refractivity contribution in [2.24, 2.45) is 0 Å². The van der Waals surface area contributed by atoms with E-state index in [4.69, 9.17) is 9.47 Å². The Hall–Kier alpha value is -2.49. The molecule has 0 aliphatic carbocycles. The normalized spacial score (nSPS) is 26.8. The van der Waals surface area contributed by atoms with Gasteiger partial charge in [0, 0.05) is 12.6 Å². The minimum Gasteiger partial charge on any atom is -0.462 e. The highest BCUT2D eigenvalue weighted by Gasteiger charge is 2.44. The topological polar surface area (TPSA) is 128 Å². The molecule has 0 radical (unpaired) electrons. The standard InChI is InChI=1S/C21H25NO7/c1-11-8-13(12-4-3-5-14(9-12)20(27)22-2)6-7-15(11)28-21-19(26)18(25)17(24)16(10-23)29-21/h3-9,16-19,21,23-26H,10H2,1-2H3,(H,22,27)/t16-,17+,18+,19-,21?/m0/s1. The molecule has 1 fully saturated rings. The molecule has 2 aromatic rings. The Morgan fingerprint density at radius 1 is 1.07 bits per heavy atom. The summed E-state index contributed by atoms with van der Waals surface area (Å²) in [5.74, 6) is 0.242. The van der Waals surface area contributed by atoms with Crippen molar-refractivity contribution < 1.29 is 34.7 Å². The van der Waals surface area contributed by atoms with Crippen LogP contribution in [-0.4, -0.2) is 70.7 Å². The Balaban J connectivity index is 1.81. The van der Waals surface area contributed by atoms with Crippen LogP contribution in [0.5, 0.6) is 5.75 Å². The van der Waals surface area contributed by atoms with Crippen molar-refractivity contribution in [3.8, 4) is 16.9 Å². The fourth-order valence-corrected chi connectivity index (χ4v) is 3.24. The van der Waals surface area contributed by atoms with Crippen LogP contribution in [0.15, 0.2) is 42.5 Å². The maximum Gasteiger partial charge on any atom is 0.251 e. The second kappa shape index (κ2) is 8.89. The minimum atomic E-state index is -1.50. The summed E-state index contributed by atoms with van der Waals surface area (Å²) >= 11 is 0. The van der Waals surface area contributed by atoms with E-state index in [0.29, 0.717) is 11.3 Å².